The number of allylic oxidation sites excluding steroid dienone is 2. The second-order valence-corrected chi connectivity index (χ2v) is 13.2. The van der Waals surface area contributed by atoms with Gasteiger partial charge in [-0.1, -0.05) is 88.1 Å². The third-order valence-corrected chi connectivity index (χ3v) is 8.95. The molecule has 0 saturated heterocycles. The van der Waals surface area contributed by atoms with Gasteiger partial charge in [-0.25, -0.2) is 9.59 Å². The predicted octanol–water partition coefficient (Wildman–Crippen LogP) is 9.45. The van der Waals surface area contributed by atoms with Crippen molar-refractivity contribution in [2.75, 3.05) is 0 Å². The highest BCUT2D eigenvalue weighted by Gasteiger charge is 2.40. The molecule has 2 aliphatic rings. The Kier molecular flexibility index (Phi) is 13.5. The molecule has 1 aromatic heterocycles. The number of hydrogen-bond donors (Lipinski definition) is 1. The molecule has 2 aromatic carbocycles. The fraction of sp³-hybridized carbons (Fsp3) is 0.513. The number of carbonyl (C=O) groups excluding carboxylic acids is 1. The minimum Gasteiger partial charge on any atom is -0.485 e. The smallest absolute Gasteiger partial charge is 0.338 e. The molecular weight excluding hydrogens is 580 g/mol. The summed E-state index contributed by atoms with van der Waals surface area (Å²) in [4.78, 5) is 34.1. The molecule has 0 bridgehead atoms. The number of unbranched alkanes of at least 4 members (excludes halogenated alkanes) is 9. The number of rotatable bonds is 16. The summed E-state index contributed by atoms with van der Waals surface area (Å²) in [6, 6.07) is 15.7. The van der Waals surface area contributed by atoms with Crippen LogP contribution in [0.1, 0.15) is 120 Å². The lowest BCUT2D eigenvalue weighted by Gasteiger charge is -2.30. The molecule has 7 nitrogen and oxygen atoms in total. The molecule has 2 unspecified atom stereocenters. The first-order valence-electron chi connectivity index (χ1n) is 17.1. The summed E-state index contributed by atoms with van der Waals surface area (Å²) in [5, 5.41) is 9.36. The van der Waals surface area contributed by atoms with Gasteiger partial charge in [0.05, 0.1) is 5.56 Å². The van der Waals surface area contributed by atoms with Crippen molar-refractivity contribution >= 4 is 22.9 Å². The van der Waals surface area contributed by atoms with E-state index in [4.69, 9.17) is 19.0 Å². The molecule has 2 atom stereocenters. The molecule has 2 heterocycles. The van der Waals surface area contributed by atoms with E-state index in [0.717, 1.165) is 29.7 Å². The minimum atomic E-state index is -0.820. The number of aliphatic carboxylic acids is 1. The maximum Gasteiger partial charge on any atom is 0.338 e. The van der Waals surface area contributed by atoms with Gasteiger partial charge in [0.2, 0.25) is 0 Å². The predicted molar refractivity (Wildman–Crippen MR) is 181 cm³/mol. The van der Waals surface area contributed by atoms with Crippen molar-refractivity contribution in [2.24, 2.45) is 5.92 Å². The topological polar surface area (TPSA) is 103 Å². The monoisotopic (exact) mass is 630 g/mol. The maximum absolute atomic E-state index is 12.4. The molecule has 0 saturated carbocycles. The summed E-state index contributed by atoms with van der Waals surface area (Å²) < 4.78 is 16.9. The van der Waals surface area contributed by atoms with Crippen molar-refractivity contribution in [2.45, 2.75) is 122 Å². The molecule has 5 rings (SSSR count). The number of ether oxygens (including phenoxy) is 2. The third kappa shape index (κ3) is 11.2. The molecule has 3 aromatic rings. The van der Waals surface area contributed by atoms with E-state index >= 15 is 0 Å². The minimum absolute atomic E-state index is 0.325. The summed E-state index contributed by atoms with van der Waals surface area (Å²) in [5.41, 5.74) is 0.766. The molecular formula is C39H50O7. The fourth-order valence-corrected chi connectivity index (χ4v) is 6.17. The van der Waals surface area contributed by atoms with Crippen LogP contribution in [0.4, 0.5) is 0 Å². The Balaban J connectivity index is 0.000000217. The molecule has 46 heavy (non-hydrogen) atoms. The maximum atomic E-state index is 12.4. The van der Waals surface area contributed by atoms with Crippen LogP contribution in [0.15, 0.2) is 76.0 Å². The van der Waals surface area contributed by atoms with Crippen LogP contribution < -0.4 is 10.4 Å². The summed E-state index contributed by atoms with van der Waals surface area (Å²) in [5.74, 6) is 0.505. The van der Waals surface area contributed by atoms with Crippen molar-refractivity contribution < 1.29 is 28.6 Å². The molecule has 0 radical (unpaired) electrons. The second kappa shape index (κ2) is 17.7. The third-order valence-electron chi connectivity index (χ3n) is 8.95. The van der Waals surface area contributed by atoms with Crippen LogP contribution in [0.5, 0.6) is 5.75 Å². The van der Waals surface area contributed by atoms with E-state index in [0.29, 0.717) is 29.7 Å². The van der Waals surface area contributed by atoms with Crippen molar-refractivity contribution in [1.82, 2.24) is 0 Å². The highest BCUT2D eigenvalue weighted by Crippen LogP contribution is 2.37. The Morgan fingerprint density at radius 3 is 2.22 bits per heavy atom. The first-order chi connectivity index (χ1) is 22.2. The van der Waals surface area contributed by atoms with Gasteiger partial charge in [-0.2, -0.15) is 0 Å². The van der Waals surface area contributed by atoms with Gasteiger partial charge in [0.15, 0.2) is 0 Å². The molecule has 7 heteroatoms. The highest BCUT2D eigenvalue weighted by atomic mass is 16.6. The van der Waals surface area contributed by atoms with Gasteiger partial charge in [0.25, 0.3) is 0 Å². The zero-order valence-corrected chi connectivity index (χ0v) is 27.5. The number of carbonyl (C=O) groups is 2. The van der Waals surface area contributed by atoms with Crippen molar-refractivity contribution in [3.05, 3.63) is 88.3 Å². The lowest BCUT2D eigenvalue weighted by atomic mass is 9.96. The molecule has 1 aliphatic heterocycles. The van der Waals surface area contributed by atoms with Crippen LogP contribution in [-0.2, 0) is 16.0 Å². The van der Waals surface area contributed by atoms with Crippen LogP contribution in [0.3, 0.4) is 0 Å². The number of fused-ring (bicyclic) bond motifs is 2. The van der Waals surface area contributed by atoms with Crippen LogP contribution in [0.2, 0.25) is 0 Å². The number of carboxylic acids is 1. The van der Waals surface area contributed by atoms with Crippen LogP contribution in [0.25, 0.3) is 11.0 Å². The van der Waals surface area contributed by atoms with Gasteiger partial charge in [-0.15, -0.1) is 0 Å². The molecule has 1 aliphatic carbocycles. The van der Waals surface area contributed by atoms with E-state index < -0.39 is 17.2 Å². The van der Waals surface area contributed by atoms with E-state index in [1.165, 1.54) is 76.7 Å². The van der Waals surface area contributed by atoms with E-state index in [-0.39, 0.29) is 12.1 Å². The van der Waals surface area contributed by atoms with Crippen LogP contribution in [0, 0.1) is 5.92 Å². The summed E-state index contributed by atoms with van der Waals surface area (Å²) in [6.07, 6.45) is 22.2. The zero-order valence-electron chi connectivity index (χ0n) is 27.5. The average molecular weight is 631 g/mol. The van der Waals surface area contributed by atoms with E-state index in [2.05, 4.69) is 12.2 Å². The van der Waals surface area contributed by atoms with Gasteiger partial charge in [0, 0.05) is 30.4 Å². The Morgan fingerprint density at radius 1 is 0.891 bits per heavy atom. The molecule has 0 amide bonds. The highest BCUT2D eigenvalue weighted by molar-refractivity contribution is 5.89. The van der Waals surface area contributed by atoms with Gasteiger partial charge in [-0.05, 0) is 75.3 Å². The van der Waals surface area contributed by atoms with Crippen LogP contribution >= 0.6 is 0 Å². The average Bonchev–Trinajstić information content (AvgIpc) is 3.71. The van der Waals surface area contributed by atoms with Gasteiger partial charge in [-0.3, -0.25) is 4.79 Å². The largest absolute Gasteiger partial charge is 0.485 e. The van der Waals surface area contributed by atoms with Gasteiger partial charge in [0.1, 0.15) is 23.0 Å². The van der Waals surface area contributed by atoms with E-state index in [1.807, 2.05) is 26.0 Å². The number of carboxylic acid groups (broad SMARTS) is 1. The van der Waals surface area contributed by atoms with Crippen molar-refractivity contribution in [1.29, 1.82) is 0 Å². The fourth-order valence-electron chi connectivity index (χ4n) is 6.17. The zero-order chi connectivity index (χ0) is 32.8. The van der Waals surface area contributed by atoms with Crippen molar-refractivity contribution in [3.63, 3.8) is 0 Å². The Labute approximate surface area is 273 Å². The Hall–Kier alpha value is -3.87. The molecule has 0 spiro atoms. The Bertz CT molecular complexity index is 1490. The quantitative estimate of drug-likeness (QED) is 0.0728. The number of hydrogen-bond acceptors (Lipinski definition) is 6. The van der Waals surface area contributed by atoms with Gasteiger partial charge < -0.3 is 19.0 Å². The van der Waals surface area contributed by atoms with Crippen LogP contribution in [-0.4, -0.2) is 28.8 Å². The second-order valence-electron chi connectivity index (χ2n) is 13.2. The SMILES string of the molecule is CC(C)(OC(=O)c1ccccc1)C1Cc2cc3ccc(=O)oc3cc2O1.O=C(O)CCCCCCCCCCCCC1C=CCC1. The summed E-state index contributed by atoms with van der Waals surface area (Å²) >= 11 is 0. The first-order valence-corrected chi connectivity index (χ1v) is 17.1. The summed E-state index contributed by atoms with van der Waals surface area (Å²) in [6.45, 7) is 3.68. The number of esters is 1. The molecule has 1 N–H and O–H groups in total. The number of benzene rings is 2. The summed E-state index contributed by atoms with van der Waals surface area (Å²) in [7, 11) is 0. The Morgan fingerprint density at radius 2 is 1.57 bits per heavy atom. The van der Waals surface area contributed by atoms with Crippen molar-refractivity contribution in [3.8, 4) is 5.75 Å². The first kappa shape index (κ1) is 35.0. The van der Waals surface area contributed by atoms with E-state index in [1.54, 1.807) is 36.4 Å². The molecule has 0 fully saturated rings. The lowest BCUT2D eigenvalue weighted by Crippen LogP contribution is -2.43. The normalized spacial score (nSPS) is 16.8. The van der Waals surface area contributed by atoms with Gasteiger partial charge >= 0.3 is 17.6 Å². The van der Waals surface area contributed by atoms with E-state index in [9.17, 15) is 14.4 Å². The molecule has 248 valence electrons. The lowest BCUT2D eigenvalue weighted by molar-refractivity contribution is -0.137. The standard InChI is InChI=1S/C21H18O5.C18H32O2/c1-21(2,26-20(23)13-6-4-3-5-7-13)18-11-15-10-14-8-9-19(22)25-16(14)12-17(15)24-18;19-18(20)16-10-8-6-4-2-1-3-5-7-9-13-17-14-11-12-15-17/h3-10,12,18H,11H2,1-2H3;11,14,17H,1-10,12-13,15-16H2,(H,19,20).